The number of ether oxygens (including phenoxy) is 1. The summed E-state index contributed by atoms with van der Waals surface area (Å²) in [6, 6.07) is 9.03. The Kier molecular flexibility index (Phi) is 4.42. The minimum absolute atomic E-state index is 0.0459. The van der Waals surface area contributed by atoms with E-state index in [-0.39, 0.29) is 12.3 Å². The van der Waals surface area contributed by atoms with Gasteiger partial charge in [-0.05, 0) is 18.2 Å². The second-order valence-corrected chi connectivity index (χ2v) is 4.05. The molecule has 0 aliphatic rings. The molecule has 0 fully saturated rings. The minimum Gasteiger partial charge on any atom is -0.487 e. The predicted molar refractivity (Wildman–Crippen MR) is 73.3 cm³/mol. The van der Waals surface area contributed by atoms with Gasteiger partial charge in [-0.1, -0.05) is 6.07 Å². The van der Waals surface area contributed by atoms with Gasteiger partial charge < -0.3 is 4.74 Å². The summed E-state index contributed by atoms with van der Waals surface area (Å²) in [5.74, 6) is 4.94. The number of benzene rings is 1. The van der Waals surface area contributed by atoms with E-state index < -0.39 is 10.8 Å². The maximum absolute atomic E-state index is 11.2. The number of nitro groups is 1. The fourth-order valence-corrected chi connectivity index (χ4v) is 1.57. The van der Waals surface area contributed by atoms with Crippen LogP contribution in [0.1, 0.15) is 16.1 Å². The van der Waals surface area contributed by atoms with E-state index >= 15 is 0 Å². The lowest BCUT2D eigenvalue weighted by Crippen LogP contribution is -2.30. The summed E-state index contributed by atoms with van der Waals surface area (Å²) in [5, 5.41) is 10.6. The van der Waals surface area contributed by atoms with E-state index in [9.17, 15) is 14.9 Å². The number of rotatable bonds is 5. The van der Waals surface area contributed by atoms with Crippen LogP contribution in [0.2, 0.25) is 0 Å². The summed E-state index contributed by atoms with van der Waals surface area (Å²) in [6.07, 6.45) is 1.37. The SMILES string of the molecule is NNC(=O)c1ccc(COc2cccc([N+](=O)[O-])c2)nc1. The number of aromatic nitrogens is 1. The van der Waals surface area contributed by atoms with E-state index in [0.717, 1.165) is 0 Å². The highest BCUT2D eigenvalue weighted by Crippen LogP contribution is 2.19. The minimum atomic E-state index is -0.495. The van der Waals surface area contributed by atoms with Crippen LogP contribution in [-0.4, -0.2) is 15.8 Å². The Labute approximate surface area is 119 Å². The van der Waals surface area contributed by atoms with Crippen LogP contribution in [-0.2, 0) is 6.61 Å². The van der Waals surface area contributed by atoms with Crippen molar-refractivity contribution in [2.75, 3.05) is 0 Å². The second-order valence-electron chi connectivity index (χ2n) is 4.05. The lowest BCUT2D eigenvalue weighted by Gasteiger charge is -2.06. The molecule has 3 N–H and O–H groups in total. The number of carbonyl (C=O) groups is 1. The first-order chi connectivity index (χ1) is 10.1. The van der Waals surface area contributed by atoms with Gasteiger partial charge in [0.05, 0.1) is 22.2 Å². The van der Waals surface area contributed by atoms with Gasteiger partial charge in [-0.2, -0.15) is 0 Å². The summed E-state index contributed by atoms with van der Waals surface area (Å²) in [7, 11) is 0. The highest BCUT2D eigenvalue weighted by Gasteiger charge is 2.07. The summed E-state index contributed by atoms with van der Waals surface area (Å²) in [6.45, 7) is 0.131. The molecule has 2 aromatic rings. The van der Waals surface area contributed by atoms with Gasteiger partial charge in [0, 0.05) is 12.3 Å². The molecule has 0 atom stereocenters. The van der Waals surface area contributed by atoms with Crippen LogP contribution in [0.4, 0.5) is 5.69 Å². The van der Waals surface area contributed by atoms with Crippen molar-refractivity contribution in [2.24, 2.45) is 5.84 Å². The normalized spacial score (nSPS) is 9.95. The standard InChI is InChI=1S/C13H12N4O4/c14-16-13(18)9-4-5-10(15-7-9)8-21-12-3-1-2-11(6-12)17(19)20/h1-7H,8,14H2,(H,16,18). The molecule has 0 aliphatic heterocycles. The van der Waals surface area contributed by atoms with Gasteiger partial charge in [0.1, 0.15) is 12.4 Å². The Bertz CT molecular complexity index is 657. The summed E-state index contributed by atoms with van der Waals surface area (Å²) >= 11 is 0. The molecule has 1 aromatic heterocycles. The molecule has 8 nitrogen and oxygen atoms in total. The van der Waals surface area contributed by atoms with Crippen molar-refractivity contribution in [1.29, 1.82) is 0 Å². The molecular weight excluding hydrogens is 276 g/mol. The number of pyridine rings is 1. The second kappa shape index (κ2) is 6.44. The third-order valence-corrected chi connectivity index (χ3v) is 2.63. The molecule has 108 valence electrons. The maximum Gasteiger partial charge on any atom is 0.273 e. The van der Waals surface area contributed by atoms with Crippen molar-refractivity contribution in [2.45, 2.75) is 6.61 Å². The third-order valence-electron chi connectivity index (χ3n) is 2.63. The van der Waals surface area contributed by atoms with Crippen molar-refractivity contribution in [3.63, 3.8) is 0 Å². The van der Waals surface area contributed by atoms with Gasteiger partial charge in [-0.15, -0.1) is 0 Å². The van der Waals surface area contributed by atoms with Gasteiger partial charge in [-0.25, -0.2) is 5.84 Å². The van der Waals surface area contributed by atoms with E-state index in [4.69, 9.17) is 10.6 Å². The maximum atomic E-state index is 11.2. The van der Waals surface area contributed by atoms with E-state index in [1.54, 1.807) is 18.2 Å². The van der Waals surface area contributed by atoms with E-state index in [2.05, 4.69) is 4.98 Å². The van der Waals surface area contributed by atoms with Gasteiger partial charge in [0.15, 0.2) is 0 Å². The van der Waals surface area contributed by atoms with Crippen LogP contribution in [0.3, 0.4) is 0 Å². The number of non-ortho nitro benzene ring substituents is 1. The van der Waals surface area contributed by atoms with Gasteiger partial charge in [0.2, 0.25) is 0 Å². The first-order valence-electron chi connectivity index (χ1n) is 5.93. The fourth-order valence-electron chi connectivity index (χ4n) is 1.57. The zero-order valence-electron chi connectivity index (χ0n) is 10.9. The van der Waals surface area contributed by atoms with E-state index in [1.807, 2.05) is 5.43 Å². The molecule has 8 heteroatoms. The molecule has 2 rings (SSSR count). The van der Waals surface area contributed by atoms with Crippen molar-refractivity contribution in [3.05, 3.63) is 64.0 Å². The first kappa shape index (κ1) is 14.4. The number of nitrogens with two attached hydrogens (primary N) is 1. The number of nitrogens with zero attached hydrogens (tertiary/aromatic N) is 2. The lowest BCUT2D eigenvalue weighted by atomic mass is 10.2. The largest absolute Gasteiger partial charge is 0.487 e. The molecular formula is C13H12N4O4. The highest BCUT2D eigenvalue weighted by atomic mass is 16.6. The summed E-state index contributed by atoms with van der Waals surface area (Å²) in [5.41, 5.74) is 2.86. The number of hydrogen-bond acceptors (Lipinski definition) is 6. The van der Waals surface area contributed by atoms with Crippen molar-refractivity contribution >= 4 is 11.6 Å². The topological polar surface area (TPSA) is 120 Å². The quantitative estimate of drug-likeness (QED) is 0.369. The Morgan fingerprint density at radius 2 is 2.19 bits per heavy atom. The summed E-state index contributed by atoms with van der Waals surface area (Å²) < 4.78 is 5.42. The first-order valence-corrected chi connectivity index (χ1v) is 5.93. The number of nitrogens with one attached hydrogen (secondary N) is 1. The van der Waals surface area contributed by atoms with E-state index in [0.29, 0.717) is 17.0 Å². The number of amides is 1. The predicted octanol–water partition coefficient (Wildman–Crippen LogP) is 1.17. The summed E-state index contributed by atoms with van der Waals surface area (Å²) in [4.78, 5) is 25.4. The Morgan fingerprint density at radius 3 is 2.81 bits per heavy atom. The third kappa shape index (κ3) is 3.74. The average Bonchev–Trinajstić information content (AvgIpc) is 2.53. The van der Waals surface area contributed by atoms with Crippen molar-refractivity contribution < 1.29 is 14.5 Å². The van der Waals surface area contributed by atoms with Crippen molar-refractivity contribution in [1.82, 2.24) is 10.4 Å². The highest BCUT2D eigenvalue weighted by molar-refractivity contribution is 5.93. The lowest BCUT2D eigenvalue weighted by molar-refractivity contribution is -0.384. The molecule has 0 bridgehead atoms. The number of nitro benzene ring substituents is 1. The molecule has 0 saturated heterocycles. The molecule has 1 aromatic carbocycles. The number of nitrogen functional groups attached to an aromatic ring is 1. The molecule has 0 saturated carbocycles. The monoisotopic (exact) mass is 288 g/mol. The molecule has 0 spiro atoms. The van der Waals surface area contributed by atoms with Gasteiger partial charge in [0.25, 0.3) is 11.6 Å². The number of carbonyl (C=O) groups excluding carboxylic acids is 1. The average molecular weight is 288 g/mol. The van der Waals surface area contributed by atoms with Crippen molar-refractivity contribution in [3.8, 4) is 5.75 Å². The number of hydrazine groups is 1. The fraction of sp³-hybridized carbons (Fsp3) is 0.0769. The Morgan fingerprint density at radius 1 is 1.38 bits per heavy atom. The van der Waals surface area contributed by atoms with Crippen LogP contribution in [0, 0.1) is 10.1 Å². The van der Waals surface area contributed by atoms with Crippen LogP contribution in [0.5, 0.6) is 5.75 Å². The number of hydrogen-bond donors (Lipinski definition) is 2. The molecule has 1 heterocycles. The smallest absolute Gasteiger partial charge is 0.273 e. The molecule has 21 heavy (non-hydrogen) atoms. The van der Waals surface area contributed by atoms with Crippen LogP contribution >= 0.6 is 0 Å². The molecule has 1 amide bonds. The van der Waals surface area contributed by atoms with Crippen LogP contribution in [0.15, 0.2) is 42.6 Å². The Hall–Kier alpha value is -3.00. The zero-order chi connectivity index (χ0) is 15.2. The van der Waals surface area contributed by atoms with Gasteiger partial charge in [-0.3, -0.25) is 25.3 Å². The molecule has 0 radical (unpaired) electrons. The molecule has 0 unspecified atom stereocenters. The zero-order valence-corrected chi connectivity index (χ0v) is 10.9. The van der Waals surface area contributed by atoms with E-state index in [1.165, 1.54) is 24.4 Å². The van der Waals surface area contributed by atoms with Gasteiger partial charge >= 0.3 is 0 Å². The Balaban J connectivity index is 2.01. The van der Waals surface area contributed by atoms with Crippen LogP contribution in [0.25, 0.3) is 0 Å². The van der Waals surface area contributed by atoms with Crippen LogP contribution < -0.4 is 16.0 Å². The molecule has 0 aliphatic carbocycles.